The monoisotopic (exact) mass is 398 g/mol. The predicted molar refractivity (Wildman–Crippen MR) is 106 cm³/mol. The van der Waals surface area contributed by atoms with E-state index >= 15 is 0 Å². The van der Waals surface area contributed by atoms with E-state index in [9.17, 15) is 9.18 Å². The van der Waals surface area contributed by atoms with Crippen molar-refractivity contribution in [2.45, 2.75) is 26.8 Å². The van der Waals surface area contributed by atoms with Crippen LogP contribution in [0.25, 0.3) is 5.69 Å². The second kappa shape index (κ2) is 8.30. The number of rotatable bonds is 6. The third-order valence-electron chi connectivity index (χ3n) is 4.76. The van der Waals surface area contributed by atoms with E-state index in [2.05, 4.69) is 15.6 Å². The highest BCUT2D eigenvalue weighted by Gasteiger charge is 2.20. The van der Waals surface area contributed by atoms with Crippen LogP contribution in [0.2, 0.25) is 0 Å². The minimum absolute atomic E-state index is 0.179. The van der Waals surface area contributed by atoms with Crippen molar-refractivity contribution in [2.75, 3.05) is 14.2 Å². The molecule has 3 aromatic rings. The molecule has 2 aromatic carbocycles. The summed E-state index contributed by atoms with van der Waals surface area (Å²) in [7, 11) is 3.12. The van der Waals surface area contributed by atoms with Crippen molar-refractivity contribution in [1.29, 1.82) is 0 Å². The Morgan fingerprint density at radius 3 is 2.48 bits per heavy atom. The number of carbonyl (C=O) groups is 1. The number of halogens is 1. The number of aromatic nitrogens is 3. The van der Waals surface area contributed by atoms with Crippen LogP contribution in [-0.4, -0.2) is 35.1 Å². The summed E-state index contributed by atoms with van der Waals surface area (Å²) < 4.78 is 25.9. The summed E-state index contributed by atoms with van der Waals surface area (Å²) in [5, 5.41) is 10.9. The molecule has 0 saturated heterocycles. The molecule has 0 fully saturated rings. The first-order valence-corrected chi connectivity index (χ1v) is 9.07. The summed E-state index contributed by atoms with van der Waals surface area (Å²) >= 11 is 0. The van der Waals surface area contributed by atoms with E-state index in [-0.39, 0.29) is 23.5 Å². The third kappa shape index (κ3) is 4.06. The number of amides is 1. The van der Waals surface area contributed by atoms with Gasteiger partial charge in [0.05, 0.1) is 31.6 Å². The molecule has 1 heterocycles. The van der Waals surface area contributed by atoms with Crippen LogP contribution in [0.5, 0.6) is 11.5 Å². The predicted octanol–water partition coefficient (Wildman–Crippen LogP) is 3.53. The number of carbonyl (C=O) groups excluding carboxylic acids is 1. The molecule has 0 aliphatic heterocycles. The van der Waals surface area contributed by atoms with Crippen LogP contribution in [0.1, 0.15) is 40.3 Å². The van der Waals surface area contributed by atoms with Crippen LogP contribution >= 0.6 is 0 Å². The van der Waals surface area contributed by atoms with Crippen LogP contribution in [0, 0.1) is 19.7 Å². The van der Waals surface area contributed by atoms with Crippen molar-refractivity contribution in [3.8, 4) is 17.2 Å². The molecule has 1 aromatic heterocycles. The Morgan fingerprint density at radius 2 is 1.83 bits per heavy atom. The van der Waals surface area contributed by atoms with Gasteiger partial charge in [-0.1, -0.05) is 17.3 Å². The highest BCUT2D eigenvalue weighted by molar-refractivity contribution is 5.93. The van der Waals surface area contributed by atoms with Gasteiger partial charge >= 0.3 is 0 Å². The zero-order valence-electron chi connectivity index (χ0n) is 17.0. The standard InChI is InChI=1S/C21H23FN4O3/c1-12-6-8-16(11-17(12)22)26-14(3)20(24-25-26)21(27)23-13(2)15-7-9-18(28-4)19(10-15)29-5/h6-11,13H,1-5H3,(H,23,27)/t13-/m0/s1. The molecule has 0 saturated carbocycles. The van der Waals surface area contributed by atoms with Gasteiger partial charge < -0.3 is 14.8 Å². The molecule has 8 heteroatoms. The molecule has 1 N–H and O–H groups in total. The first-order valence-electron chi connectivity index (χ1n) is 9.07. The average molecular weight is 398 g/mol. The molecule has 29 heavy (non-hydrogen) atoms. The molecule has 1 atom stereocenters. The third-order valence-corrected chi connectivity index (χ3v) is 4.76. The van der Waals surface area contributed by atoms with Gasteiger partial charge in [0.25, 0.3) is 5.91 Å². The largest absolute Gasteiger partial charge is 0.493 e. The van der Waals surface area contributed by atoms with Gasteiger partial charge in [-0.25, -0.2) is 9.07 Å². The Labute approximate surface area is 168 Å². The maximum atomic E-state index is 13.9. The lowest BCUT2D eigenvalue weighted by Crippen LogP contribution is -2.27. The molecule has 0 aliphatic rings. The molecular weight excluding hydrogens is 375 g/mol. The SMILES string of the molecule is COc1ccc([C@H](C)NC(=O)c2nnn(-c3ccc(C)c(F)c3)c2C)cc1OC. The fourth-order valence-corrected chi connectivity index (χ4v) is 2.97. The number of benzene rings is 2. The lowest BCUT2D eigenvalue weighted by Gasteiger charge is -2.16. The van der Waals surface area contributed by atoms with Gasteiger partial charge in [-0.05, 0) is 56.2 Å². The van der Waals surface area contributed by atoms with Crippen molar-refractivity contribution in [1.82, 2.24) is 20.3 Å². The van der Waals surface area contributed by atoms with Crippen molar-refractivity contribution >= 4 is 5.91 Å². The maximum Gasteiger partial charge on any atom is 0.274 e. The average Bonchev–Trinajstić information content (AvgIpc) is 3.10. The fourth-order valence-electron chi connectivity index (χ4n) is 2.97. The lowest BCUT2D eigenvalue weighted by molar-refractivity contribution is 0.0934. The van der Waals surface area contributed by atoms with Gasteiger partial charge in [0.15, 0.2) is 17.2 Å². The van der Waals surface area contributed by atoms with Crippen LogP contribution < -0.4 is 14.8 Å². The highest BCUT2D eigenvalue weighted by Crippen LogP contribution is 2.30. The summed E-state index contributed by atoms with van der Waals surface area (Å²) in [6, 6.07) is 9.89. The zero-order chi connectivity index (χ0) is 21.1. The van der Waals surface area contributed by atoms with Gasteiger partial charge in [-0.15, -0.1) is 5.10 Å². The first kappa shape index (κ1) is 20.3. The van der Waals surface area contributed by atoms with Gasteiger partial charge in [-0.3, -0.25) is 4.79 Å². The maximum absolute atomic E-state index is 13.9. The Bertz CT molecular complexity index is 1050. The molecule has 0 bridgehead atoms. The summed E-state index contributed by atoms with van der Waals surface area (Å²) in [5.41, 5.74) is 2.59. The Hall–Kier alpha value is -3.42. The molecule has 0 radical (unpaired) electrons. The molecule has 0 spiro atoms. The Balaban J connectivity index is 1.81. The van der Waals surface area contributed by atoms with Crippen molar-refractivity contribution in [3.63, 3.8) is 0 Å². The molecule has 3 rings (SSSR count). The molecule has 0 aliphatic carbocycles. The van der Waals surface area contributed by atoms with E-state index in [1.54, 1.807) is 46.3 Å². The number of nitrogens with zero attached hydrogens (tertiary/aromatic N) is 3. The van der Waals surface area contributed by atoms with Crippen LogP contribution in [0.3, 0.4) is 0 Å². The van der Waals surface area contributed by atoms with Crippen molar-refractivity contribution in [3.05, 3.63) is 64.7 Å². The van der Waals surface area contributed by atoms with Crippen LogP contribution in [0.15, 0.2) is 36.4 Å². The number of ether oxygens (including phenoxy) is 2. The van der Waals surface area contributed by atoms with E-state index in [1.807, 2.05) is 19.1 Å². The summed E-state index contributed by atoms with van der Waals surface area (Å²) in [4.78, 5) is 12.7. The number of hydrogen-bond donors (Lipinski definition) is 1. The number of methoxy groups -OCH3 is 2. The van der Waals surface area contributed by atoms with Gasteiger partial charge in [0, 0.05) is 0 Å². The smallest absolute Gasteiger partial charge is 0.274 e. The molecule has 152 valence electrons. The van der Waals surface area contributed by atoms with Gasteiger partial charge in [-0.2, -0.15) is 0 Å². The Morgan fingerprint density at radius 1 is 1.10 bits per heavy atom. The van der Waals surface area contributed by atoms with Crippen molar-refractivity contribution < 1.29 is 18.7 Å². The number of hydrogen-bond acceptors (Lipinski definition) is 5. The van der Waals surface area contributed by atoms with Gasteiger partial charge in [0.2, 0.25) is 0 Å². The van der Waals surface area contributed by atoms with Gasteiger partial charge in [0.1, 0.15) is 5.82 Å². The summed E-state index contributed by atoms with van der Waals surface area (Å²) in [6.07, 6.45) is 0. The molecule has 0 unspecified atom stereocenters. The zero-order valence-corrected chi connectivity index (χ0v) is 17.0. The van der Waals surface area contributed by atoms with Crippen molar-refractivity contribution in [2.24, 2.45) is 0 Å². The topological polar surface area (TPSA) is 78.3 Å². The molecular formula is C21H23FN4O3. The fraction of sp³-hybridized carbons (Fsp3) is 0.286. The molecule has 7 nitrogen and oxygen atoms in total. The van der Waals surface area contributed by atoms with E-state index in [0.29, 0.717) is 28.4 Å². The normalized spacial score (nSPS) is 11.8. The molecule has 1 amide bonds. The summed E-state index contributed by atoms with van der Waals surface area (Å²) in [6.45, 7) is 5.25. The minimum Gasteiger partial charge on any atom is -0.493 e. The first-order chi connectivity index (χ1) is 13.8. The second-order valence-electron chi connectivity index (χ2n) is 6.68. The van der Waals surface area contributed by atoms with Crippen LogP contribution in [0.4, 0.5) is 4.39 Å². The van der Waals surface area contributed by atoms with E-state index in [1.165, 1.54) is 10.7 Å². The lowest BCUT2D eigenvalue weighted by atomic mass is 10.1. The van der Waals surface area contributed by atoms with E-state index < -0.39 is 0 Å². The second-order valence-corrected chi connectivity index (χ2v) is 6.68. The Kier molecular flexibility index (Phi) is 5.81. The van der Waals surface area contributed by atoms with E-state index in [4.69, 9.17) is 9.47 Å². The number of nitrogens with one attached hydrogen (secondary N) is 1. The highest BCUT2D eigenvalue weighted by atomic mass is 19.1. The van der Waals surface area contributed by atoms with E-state index in [0.717, 1.165) is 5.56 Å². The quantitative estimate of drug-likeness (QED) is 0.687. The number of aryl methyl sites for hydroxylation is 1. The summed E-state index contributed by atoms with van der Waals surface area (Å²) in [5.74, 6) is 0.475. The van der Waals surface area contributed by atoms with Crippen LogP contribution in [-0.2, 0) is 0 Å². The minimum atomic E-state index is -0.372.